The molecule has 0 spiro atoms. The third-order valence-electron chi connectivity index (χ3n) is 10.8. The molecule has 8 aromatic carbocycles. The van der Waals surface area contributed by atoms with Crippen molar-refractivity contribution in [1.29, 1.82) is 0 Å². The minimum absolute atomic E-state index is 0.680. The van der Waals surface area contributed by atoms with E-state index in [0.717, 1.165) is 50.3 Å². The summed E-state index contributed by atoms with van der Waals surface area (Å²) in [6.07, 6.45) is 0. The van der Waals surface area contributed by atoms with Gasteiger partial charge in [-0.05, 0) is 80.9 Å². The minimum Gasteiger partial charge on any atom is -0.309 e. The molecular weight excluding hydrogens is 609 g/mol. The van der Waals surface area contributed by atoms with Gasteiger partial charge in [0.15, 0.2) is 0 Å². The van der Waals surface area contributed by atoms with Crippen molar-refractivity contribution in [3.05, 3.63) is 158 Å². The molecule has 50 heavy (non-hydrogen) atoms. The maximum Gasteiger partial charge on any atom is 0.235 e. The van der Waals surface area contributed by atoms with Crippen molar-refractivity contribution in [3.63, 3.8) is 0 Å². The molecule has 2 aliphatic rings. The molecule has 0 saturated carbocycles. The van der Waals surface area contributed by atoms with Gasteiger partial charge < -0.3 is 4.90 Å². The molecule has 0 bridgehead atoms. The molecule has 230 valence electrons. The lowest BCUT2D eigenvalue weighted by atomic mass is 9.96. The van der Waals surface area contributed by atoms with Gasteiger partial charge in [-0.1, -0.05) is 115 Å². The lowest BCUT2D eigenvalue weighted by Gasteiger charge is -2.32. The second kappa shape index (κ2) is 9.43. The zero-order chi connectivity index (χ0) is 32.5. The van der Waals surface area contributed by atoms with Gasteiger partial charge in [-0.15, -0.1) is 0 Å². The van der Waals surface area contributed by atoms with E-state index in [1.165, 1.54) is 54.6 Å². The smallest absolute Gasteiger partial charge is 0.235 e. The first-order valence-electron chi connectivity index (χ1n) is 17.1. The lowest BCUT2D eigenvalue weighted by molar-refractivity contribution is 1.01. The molecule has 0 radical (unpaired) electrons. The third kappa shape index (κ3) is 3.25. The normalized spacial score (nSPS) is 12.8. The lowest BCUT2D eigenvalue weighted by Crippen LogP contribution is -2.16. The number of nitrogens with zero attached hydrogens (tertiary/aromatic N) is 4. The molecule has 4 heteroatoms. The summed E-state index contributed by atoms with van der Waals surface area (Å²) in [5.74, 6) is 0.680. The van der Waals surface area contributed by atoms with Gasteiger partial charge in [-0.3, -0.25) is 4.57 Å². The summed E-state index contributed by atoms with van der Waals surface area (Å²) in [7, 11) is 0. The van der Waals surface area contributed by atoms with Crippen LogP contribution < -0.4 is 4.90 Å². The van der Waals surface area contributed by atoms with Gasteiger partial charge in [0.2, 0.25) is 5.95 Å². The van der Waals surface area contributed by atoms with Gasteiger partial charge in [-0.2, -0.15) is 0 Å². The van der Waals surface area contributed by atoms with Crippen LogP contribution in [-0.4, -0.2) is 14.5 Å². The largest absolute Gasteiger partial charge is 0.309 e. The monoisotopic (exact) mass is 634 g/mol. The second-order valence-electron chi connectivity index (χ2n) is 13.3. The molecule has 0 amide bonds. The van der Waals surface area contributed by atoms with E-state index < -0.39 is 0 Å². The Hall–Kier alpha value is -6.78. The first-order valence-corrected chi connectivity index (χ1v) is 17.1. The predicted octanol–water partition coefficient (Wildman–Crippen LogP) is 12.1. The van der Waals surface area contributed by atoms with E-state index in [1.807, 2.05) is 0 Å². The summed E-state index contributed by atoms with van der Waals surface area (Å²) in [6.45, 7) is 0. The summed E-state index contributed by atoms with van der Waals surface area (Å²) >= 11 is 0. The number of aromatic nitrogens is 3. The van der Waals surface area contributed by atoms with Crippen LogP contribution in [-0.2, 0) is 0 Å². The van der Waals surface area contributed by atoms with Crippen molar-refractivity contribution >= 4 is 71.3 Å². The van der Waals surface area contributed by atoms with Gasteiger partial charge in [0, 0.05) is 27.4 Å². The standard InChI is InChI=1S/C46H26N4/c1-2-13-28(14-3-1)49-38-22-9-8-18-33(38)44-43-37(21-11-23-39(43)49)47-46(48-44)50-40-25-24-27-12-4-5-15-29(27)42(40)36-26-35-31-17-7-6-16-30(31)32-19-10-20-34(41(32)35)45(36)50/h1-26H. The van der Waals surface area contributed by atoms with Crippen LogP contribution in [0.15, 0.2) is 158 Å². The maximum atomic E-state index is 5.56. The van der Waals surface area contributed by atoms with Crippen LogP contribution >= 0.6 is 0 Å². The minimum atomic E-state index is 0.680. The quantitative estimate of drug-likeness (QED) is 0.190. The van der Waals surface area contributed by atoms with Crippen molar-refractivity contribution in [3.8, 4) is 39.5 Å². The Morgan fingerprint density at radius 2 is 1.12 bits per heavy atom. The van der Waals surface area contributed by atoms with E-state index in [1.54, 1.807) is 0 Å². The summed E-state index contributed by atoms with van der Waals surface area (Å²) < 4.78 is 2.33. The number of para-hydroxylation sites is 2. The zero-order valence-electron chi connectivity index (χ0n) is 26.8. The number of rotatable bonds is 2. The van der Waals surface area contributed by atoms with E-state index in [2.05, 4.69) is 167 Å². The molecule has 1 aliphatic carbocycles. The van der Waals surface area contributed by atoms with Gasteiger partial charge in [0.05, 0.1) is 39.0 Å². The Labute approximate surface area is 287 Å². The van der Waals surface area contributed by atoms with Crippen LogP contribution in [0.5, 0.6) is 0 Å². The maximum absolute atomic E-state index is 5.56. The predicted molar refractivity (Wildman–Crippen MR) is 207 cm³/mol. The van der Waals surface area contributed by atoms with Crippen molar-refractivity contribution < 1.29 is 0 Å². The summed E-state index contributed by atoms with van der Waals surface area (Å²) in [5.41, 5.74) is 13.7. The molecule has 0 N–H and O–H groups in total. The Balaban J connectivity index is 1.25. The van der Waals surface area contributed by atoms with Crippen LogP contribution in [0.3, 0.4) is 0 Å². The van der Waals surface area contributed by atoms with E-state index in [-0.39, 0.29) is 0 Å². The summed E-state index contributed by atoms with van der Waals surface area (Å²) in [5, 5.41) is 8.47. The average molecular weight is 635 g/mol. The van der Waals surface area contributed by atoms with E-state index in [9.17, 15) is 0 Å². The van der Waals surface area contributed by atoms with Crippen LogP contribution in [0.4, 0.5) is 17.1 Å². The number of hydrogen-bond acceptors (Lipinski definition) is 3. The van der Waals surface area contributed by atoms with Gasteiger partial charge >= 0.3 is 0 Å². The molecule has 12 rings (SSSR count). The van der Waals surface area contributed by atoms with Crippen molar-refractivity contribution in [2.24, 2.45) is 0 Å². The zero-order valence-corrected chi connectivity index (χ0v) is 26.8. The van der Waals surface area contributed by atoms with Crippen LogP contribution in [0.25, 0.3) is 93.7 Å². The van der Waals surface area contributed by atoms with Crippen LogP contribution in [0.1, 0.15) is 0 Å². The highest BCUT2D eigenvalue weighted by Gasteiger charge is 2.30. The number of fused-ring (bicyclic) bond motifs is 11. The number of anilines is 3. The van der Waals surface area contributed by atoms with Crippen LogP contribution in [0.2, 0.25) is 0 Å². The third-order valence-corrected chi connectivity index (χ3v) is 10.8. The Kier molecular flexibility index (Phi) is 4.94. The molecule has 0 fully saturated rings. The number of hydrogen-bond donors (Lipinski definition) is 0. The summed E-state index contributed by atoms with van der Waals surface area (Å²) in [4.78, 5) is 13.3. The van der Waals surface area contributed by atoms with Crippen molar-refractivity contribution in [2.45, 2.75) is 0 Å². The fraction of sp³-hybridized carbons (Fsp3) is 0. The molecule has 0 unspecified atom stereocenters. The topological polar surface area (TPSA) is 34.0 Å². The fourth-order valence-corrected chi connectivity index (χ4v) is 8.84. The highest BCUT2D eigenvalue weighted by molar-refractivity contribution is 6.31. The van der Waals surface area contributed by atoms with Crippen molar-refractivity contribution in [2.75, 3.05) is 4.90 Å². The first kappa shape index (κ1) is 26.2. The van der Waals surface area contributed by atoms with E-state index >= 15 is 0 Å². The molecule has 1 aliphatic heterocycles. The molecule has 4 nitrogen and oxygen atoms in total. The first-order chi connectivity index (χ1) is 24.8. The SMILES string of the molecule is c1ccc(N2c3ccccc3-c3nc(-n4c5ccc6ccccc6c5c5cc6c7c(cccc7c54)-c4ccccc4-6)nc4cccc2c34)cc1. The molecule has 3 heterocycles. The Morgan fingerprint density at radius 3 is 2.02 bits per heavy atom. The summed E-state index contributed by atoms with van der Waals surface area (Å²) in [6, 6.07) is 56.8. The second-order valence-corrected chi connectivity index (χ2v) is 13.3. The highest BCUT2D eigenvalue weighted by atomic mass is 15.2. The molecule has 2 aromatic heterocycles. The Bertz CT molecular complexity index is 3100. The average Bonchev–Trinajstić information content (AvgIpc) is 3.69. The highest BCUT2D eigenvalue weighted by Crippen LogP contribution is 2.53. The molecule has 0 saturated heterocycles. The van der Waals surface area contributed by atoms with E-state index in [0.29, 0.717) is 5.95 Å². The van der Waals surface area contributed by atoms with E-state index in [4.69, 9.17) is 9.97 Å². The molecule has 0 atom stereocenters. The fourth-order valence-electron chi connectivity index (χ4n) is 8.84. The Morgan fingerprint density at radius 1 is 0.420 bits per heavy atom. The van der Waals surface area contributed by atoms with Crippen molar-refractivity contribution in [1.82, 2.24) is 14.5 Å². The number of benzene rings is 8. The van der Waals surface area contributed by atoms with Crippen LogP contribution in [0, 0.1) is 0 Å². The van der Waals surface area contributed by atoms with Gasteiger partial charge in [-0.25, -0.2) is 9.97 Å². The van der Waals surface area contributed by atoms with Gasteiger partial charge in [0.25, 0.3) is 0 Å². The molecular formula is C46H26N4. The van der Waals surface area contributed by atoms with Gasteiger partial charge in [0.1, 0.15) is 0 Å². The molecule has 10 aromatic rings.